The molecule has 160 valence electrons. The molecule has 0 aliphatic carbocycles. The van der Waals surface area contributed by atoms with Gasteiger partial charge in [0.2, 0.25) is 0 Å². The van der Waals surface area contributed by atoms with Crippen LogP contribution in [0.15, 0.2) is 121 Å². The topological polar surface area (TPSA) is 25.8 Å². The van der Waals surface area contributed by atoms with Crippen molar-refractivity contribution in [2.24, 2.45) is 0 Å². The largest absolute Gasteiger partial charge is 0.254 e. The molecule has 0 aliphatic rings. The number of rotatable bonds is 4. The summed E-state index contributed by atoms with van der Waals surface area (Å²) in [6, 6.07) is 39.9. The highest BCUT2D eigenvalue weighted by Crippen LogP contribution is 2.33. The van der Waals surface area contributed by atoms with Gasteiger partial charge >= 0.3 is 0 Å². The van der Waals surface area contributed by atoms with Gasteiger partial charge in [-0.15, -0.1) is 0 Å². The van der Waals surface area contributed by atoms with Crippen LogP contribution in [0.4, 0.5) is 0 Å². The predicted octanol–water partition coefficient (Wildman–Crippen LogP) is 8.29. The first-order chi connectivity index (χ1) is 16.9. The maximum Gasteiger partial charge on any atom is 0.0964 e. The van der Waals surface area contributed by atoms with E-state index in [1.54, 1.807) is 0 Å². The molecule has 0 atom stereocenters. The Kier molecular flexibility index (Phi) is 5.17. The first kappa shape index (κ1) is 20.1. The first-order valence-electron chi connectivity index (χ1n) is 11.4. The summed E-state index contributed by atoms with van der Waals surface area (Å²) in [6.07, 6.45) is 6.10. The second-order valence-corrected chi connectivity index (χ2v) is 8.28. The number of hydrogen-bond acceptors (Lipinski definition) is 2. The van der Waals surface area contributed by atoms with E-state index in [4.69, 9.17) is 4.98 Å². The van der Waals surface area contributed by atoms with Crippen molar-refractivity contribution in [2.45, 2.75) is 0 Å². The van der Waals surface area contributed by atoms with Gasteiger partial charge in [-0.1, -0.05) is 103 Å². The van der Waals surface area contributed by atoms with Crippen molar-refractivity contribution >= 4 is 33.7 Å². The van der Waals surface area contributed by atoms with Gasteiger partial charge in [0.1, 0.15) is 0 Å². The highest BCUT2D eigenvalue weighted by atomic mass is 14.8. The third kappa shape index (κ3) is 3.76. The van der Waals surface area contributed by atoms with Gasteiger partial charge in [-0.25, -0.2) is 4.98 Å². The molecule has 0 bridgehead atoms. The Morgan fingerprint density at radius 2 is 1.26 bits per heavy atom. The maximum absolute atomic E-state index is 4.92. The lowest BCUT2D eigenvalue weighted by Crippen LogP contribution is -1.91. The minimum Gasteiger partial charge on any atom is -0.254 e. The van der Waals surface area contributed by atoms with E-state index in [1.165, 1.54) is 32.8 Å². The Hall–Kier alpha value is -4.56. The average Bonchev–Trinajstić information content (AvgIpc) is 2.92. The Balaban J connectivity index is 1.44. The summed E-state index contributed by atoms with van der Waals surface area (Å²) in [6.45, 7) is 0. The summed E-state index contributed by atoms with van der Waals surface area (Å²) in [5.41, 5.74) is 6.30. The predicted molar refractivity (Wildman–Crippen MR) is 143 cm³/mol. The lowest BCUT2D eigenvalue weighted by atomic mass is 9.93. The van der Waals surface area contributed by atoms with Crippen molar-refractivity contribution < 1.29 is 0 Å². The van der Waals surface area contributed by atoms with Crippen LogP contribution in [-0.4, -0.2) is 9.97 Å². The lowest BCUT2D eigenvalue weighted by molar-refractivity contribution is 1.25. The summed E-state index contributed by atoms with van der Waals surface area (Å²) >= 11 is 0. The standard InChI is InChI=1S/C32H22N2/c1-2-11-25(12-3-1)31-26(18-17-23-9-4-6-14-28(23)31)19-20-27-13-8-16-30(34-27)32-29-15-7-5-10-24(29)21-22-33-32/h1-22H. The van der Waals surface area contributed by atoms with E-state index >= 15 is 0 Å². The van der Waals surface area contributed by atoms with Gasteiger partial charge in [0.25, 0.3) is 0 Å². The molecule has 0 aliphatic heterocycles. The highest BCUT2D eigenvalue weighted by Gasteiger charge is 2.09. The van der Waals surface area contributed by atoms with E-state index in [-0.39, 0.29) is 0 Å². The van der Waals surface area contributed by atoms with Crippen LogP contribution in [0.2, 0.25) is 0 Å². The minimum absolute atomic E-state index is 0.876. The molecule has 0 saturated heterocycles. The molecule has 2 heterocycles. The van der Waals surface area contributed by atoms with Crippen molar-refractivity contribution in [3.8, 4) is 22.5 Å². The molecule has 0 radical (unpaired) electrons. The molecule has 4 aromatic carbocycles. The monoisotopic (exact) mass is 434 g/mol. The lowest BCUT2D eigenvalue weighted by Gasteiger charge is -2.11. The number of hydrogen-bond donors (Lipinski definition) is 0. The molecule has 6 rings (SSSR count). The molecule has 0 spiro atoms. The van der Waals surface area contributed by atoms with E-state index in [0.717, 1.165) is 22.5 Å². The van der Waals surface area contributed by atoms with Gasteiger partial charge < -0.3 is 0 Å². The van der Waals surface area contributed by atoms with Crippen LogP contribution in [0.3, 0.4) is 0 Å². The molecule has 0 fully saturated rings. The smallest absolute Gasteiger partial charge is 0.0964 e. The van der Waals surface area contributed by atoms with Gasteiger partial charge in [-0.05, 0) is 57.1 Å². The third-order valence-corrected chi connectivity index (χ3v) is 6.14. The number of pyridine rings is 2. The van der Waals surface area contributed by atoms with Crippen LogP contribution in [0.5, 0.6) is 0 Å². The fraction of sp³-hybridized carbons (Fsp3) is 0. The normalized spacial score (nSPS) is 11.4. The summed E-state index contributed by atoms with van der Waals surface area (Å²) < 4.78 is 0. The number of nitrogens with zero attached hydrogens (tertiary/aromatic N) is 2. The zero-order chi connectivity index (χ0) is 22.7. The van der Waals surface area contributed by atoms with E-state index in [9.17, 15) is 0 Å². The molecule has 34 heavy (non-hydrogen) atoms. The molecule has 6 aromatic rings. The van der Waals surface area contributed by atoms with Gasteiger partial charge in [-0.3, -0.25) is 4.98 Å². The molecule has 0 saturated carbocycles. The van der Waals surface area contributed by atoms with Gasteiger partial charge in [0.15, 0.2) is 0 Å². The molecular weight excluding hydrogens is 412 g/mol. The Bertz CT molecular complexity index is 1640. The van der Waals surface area contributed by atoms with Crippen LogP contribution in [0, 0.1) is 0 Å². The molecule has 0 unspecified atom stereocenters. The quantitative estimate of drug-likeness (QED) is 0.279. The second kappa shape index (κ2) is 8.76. The van der Waals surface area contributed by atoms with Gasteiger partial charge in [0, 0.05) is 11.6 Å². The second-order valence-electron chi connectivity index (χ2n) is 8.28. The van der Waals surface area contributed by atoms with Crippen molar-refractivity contribution in [3.63, 3.8) is 0 Å². The molecule has 2 heteroatoms. The van der Waals surface area contributed by atoms with Crippen molar-refractivity contribution in [3.05, 3.63) is 133 Å². The van der Waals surface area contributed by atoms with Crippen molar-refractivity contribution in [2.75, 3.05) is 0 Å². The maximum atomic E-state index is 4.92. The summed E-state index contributed by atoms with van der Waals surface area (Å²) in [7, 11) is 0. The molecule has 0 amide bonds. The van der Waals surface area contributed by atoms with Crippen LogP contribution in [0.25, 0.3) is 56.2 Å². The highest BCUT2D eigenvalue weighted by molar-refractivity contribution is 6.01. The Labute approximate surface area is 198 Å². The van der Waals surface area contributed by atoms with Crippen LogP contribution in [-0.2, 0) is 0 Å². The minimum atomic E-state index is 0.876. The van der Waals surface area contributed by atoms with E-state index < -0.39 is 0 Å². The molecule has 2 nitrogen and oxygen atoms in total. The van der Waals surface area contributed by atoms with Crippen LogP contribution in [0.1, 0.15) is 11.3 Å². The van der Waals surface area contributed by atoms with Crippen molar-refractivity contribution in [1.82, 2.24) is 9.97 Å². The summed E-state index contributed by atoms with van der Waals surface area (Å²) in [5, 5.41) is 4.76. The van der Waals surface area contributed by atoms with Gasteiger partial charge in [0.05, 0.1) is 17.1 Å². The fourth-order valence-corrected chi connectivity index (χ4v) is 4.53. The van der Waals surface area contributed by atoms with Crippen LogP contribution >= 0.6 is 0 Å². The Morgan fingerprint density at radius 1 is 0.529 bits per heavy atom. The summed E-state index contributed by atoms with van der Waals surface area (Å²) in [5.74, 6) is 0. The van der Waals surface area contributed by atoms with Crippen molar-refractivity contribution in [1.29, 1.82) is 0 Å². The third-order valence-electron chi connectivity index (χ3n) is 6.14. The zero-order valence-corrected chi connectivity index (χ0v) is 18.6. The van der Waals surface area contributed by atoms with E-state index in [1.807, 2.05) is 42.6 Å². The van der Waals surface area contributed by atoms with Crippen LogP contribution < -0.4 is 0 Å². The van der Waals surface area contributed by atoms with E-state index in [2.05, 4.69) is 96.0 Å². The first-order valence-corrected chi connectivity index (χ1v) is 11.4. The average molecular weight is 435 g/mol. The molecule has 2 aromatic heterocycles. The summed E-state index contributed by atoms with van der Waals surface area (Å²) in [4.78, 5) is 9.56. The zero-order valence-electron chi connectivity index (χ0n) is 18.6. The van der Waals surface area contributed by atoms with Gasteiger partial charge in [-0.2, -0.15) is 0 Å². The van der Waals surface area contributed by atoms with E-state index in [0.29, 0.717) is 0 Å². The number of aromatic nitrogens is 2. The molecule has 0 N–H and O–H groups in total. The number of benzene rings is 4. The molecular formula is C32H22N2. The number of fused-ring (bicyclic) bond motifs is 2. The SMILES string of the molecule is C(=Cc1ccc2ccccc2c1-c1ccccc1)c1cccc(-c2nccc3ccccc23)n1. The Morgan fingerprint density at radius 3 is 2.12 bits per heavy atom. The fourth-order valence-electron chi connectivity index (χ4n) is 4.53.